The third-order valence-electron chi connectivity index (χ3n) is 3.88. The molecule has 0 spiro atoms. The van der Waals surface area contributed by atoms with Crippen molar-refractivity contribution in [2.24, 2.45) is 11.3 Å². The molecular weight excluding hydrogens is 280 g/mol. The van der Waals surface area contributed by atoms with Gasteiger partial charge in [-0.3, -0.25) is 4.79 Å². The van der Waals surface area contributed by atoms with Gasteiger partial charge in [0.2, 0.25) is 11.7 Å². The number of carbonyl (C=O) groups is 1. The van der Waals surface area contributed by atoms with Crippen LogP contribution < -0.4 is 0 Å². The molecule has 20 heavy (non-hydrogen) atoms. The Hall–Kier alpha value is -1.88. The predicted molar refractivity (Wildman–Crippen MR) is 72.4 cm³/mol. The van der Waals surface area contributed by atoms with Crippen LogP contribution in [0.4, 0.5) is 0 Å². The summed E-state index contributed by atoms with van der Waals surface area (Å²) in [4.78, 5) is 15.5. The fraction of sp³-hybridized carbons (Fsp3) is 0.357. The van der Waals surface area contributed by atoms with Gasteiger partial charge >= 0.3 is 5.97 Å². The smallest absolute Gasteiger partial charge is 0.307 e. The zero-order valence-corrected chi connectivity index (χ0v) is 11.8. The lowest BCUT2D eigenvalue weighted by atomic mass is 10.1. The third-order valence-corrected chi connectivity index (χ3v) is 4.12. The van der Waals surface area contributed by atoms with Crippen LogP contribution in [0.15, 0.2) is 28.8 Å². The maximum absolute atomic E-state index is 11.2. The summed E-state index contributed by atoms with van der Waals surface area (Å²) < 4.78 is 5.23. The number of aliphatic carboxylic acids is 1. The number of hydrogen-bond donors (Lipinski definition) is 1. The summed E-state index contributed by atoms with van der Waals surface area (Å²) in [5.74, 6) is -0.746. The Kier molecular flexibility index (Phi) is 2.83. The van der Waals surface area contributed by atoms with Gasteiger partial charge in [0.1, 0.15) is 0 Å². The highest BCUT2D eigenvalue weighted by molar-refractivity contribution is 6.30. The van der Waals surface area contributed by atoms with E-state index in [9.17, 15) is 9.90 Å². The van der Waals surface area contributed by atoms with Crippen molar-refractivity contribution in [3.8, 4) is 11.4 Å². The SMILES string of the molecule is CC1(C)C(C(=O)O)C1c1nc(-c2cccc(Cl)c2)no1. The monoisotopic (exact) mass is 292 g/mol. The summed E-state index contributed by atoms with van der Waals surface area (Å²) in [7, 11) is 0. The van der Waals surface area contributed by atoms with E-state index in [-0.39, 0.29) is 11.3 Å². The molecule has 2 aromatic rings. The Morgan fingerprint density at radius 2 is 2.20 bits per heavy atom. The summed E-state index contributed by atoms with van der Waals surface area (Å²) in [5.41, 5.74) is 0.391. The van der Waals surface area contributed by atoms with E-state index in [1.54, 1.807) is 18.2 Å². The molecule has 0 aliphatic heterocycles. The van der Waals surface area contributed by atoms with Crippen LogP contribution in [0.1, 0.15) is 25.7 Å². The van der Waals surface area contributed by atoms with Gasteiger partial charge in [-0.25, -0.2) is 0 Å². The average molecular weight is 293 g/mol. The van der Waals surface area contributed by atoms with E-state index >= 15 is 0 Å². The van der Waals surface area contributed by atoms with Gasteiger partial charge in [0.25, 0.3) is 0 Å². The number of benzene rings is 1. The molecule has 2 unspecified atom stereocenters. The van der Waals surface area contributed by atoms with Crippen LogP contribution in [-0.2, 0) is 4.79 Å². The van der Waals surface area contributed by atoms with Crippen LogP contribution >= 0.6 is 11.6 Å². The third kappa shape index (κ3) is 1.98. The Morgan fingerprint density at radius 1 is 1.45 bits per heavy atom. The van der Waals surface area contributed by atoms with Gasteiger partial charge in [-0.1, -0.05) is 42.7 Å². The second-order valence-corrected chi connectivity index (χ2v) is 6.02. The van der Waals surface area contributed by atoms with Crippen molar-refractivity contribution in [1.82, 2.24) is 10.1 Å². The number of carboxylic acid groups (broad SMARTS) is 1. The Labute approximate surface area is 120 Å². The van der Waals surface area contributed by atoms with Gasteiger partial charge < -0.3 is 9.63 Å². The Morgan fingerprint density at radius 3 is 2.80 bits per heavy atom. The fourth-order valence-electron chi connectivity index (χ4n) is 2.67. The molecule has 3 rings (SSSR count). The minimum atomic E-state index is -0.831. The molecule has 1 aliphatic carbocycles. The van der Waals surface area contributed by atoms with Crippen molar-refractivity contribution in [3.63, 3.8) is 0 Å². The highest BCUT2D eigenvalue weighted by Crippen LogP contribution is 2.64. The van der Waals surface area contributed by atoms with E-state index in [1.165, 1.54) is 0 Å². The molecule has 0 radical (unpaired) electrons. The van der Waals surface area contributed by atoms with Crippen molar-refractivity contribution in [3.05, 3.63) is 35.2 Å². The predicted octanol–water partition coefficient (Wildman–Crippen LogP) is 3.21. The van der Waals surface area contributed by atoms with E-state index in [0.717, 1.165) is 5.56 Å². The van der Waals surface area contributed by atoms with Crippen LogP contribution in [0.25, 0.3) is 11.4 Å². The molecule has 1 N–H and O–H groups in total. The first-order valence-corrected chi connectivity index (χ1v) is 6.61. The minimum absolute atomic E-state index is 0.236. The van der Waals surface area contributed by atoms with Crippen molar-refractivity contribution < 1.29 is 14.4 Å². The largest absolute Gasteiger partial charge is 0.481 e. The number of carboxylic acids is 1. The molecule has 1 heterocycles. The summed E-state index contributed by atoms with van der Waals surface area (Å²) in [5, 5.41) is 13.7. The average Bonchev–Trinajstić information content (AvgIpc) is 2.73. The van der Waals surface area contributed by atoms with E-state index < -0.39 is 11.9 Å². The van der Waals surface area contributed by atoms with Crippen LogP contribution in [0.5, 0.6) is 0 Å². The van der Waals surface area contributed by atoms with Crippen LogP contribution in [0.2, 0.25) is 5.02 Å². The number of aromatic nitrogens is 2. The van der Waals surface area contributed by atoms with Gasteiger partial charge in [-0.2, -0.15) is 4.98 Å². The molecule has 1 saturated carbocycles. The van der Waals surface area contributed by atoms with E-state index in [4.69, 9.17) is 16.1 Å². The summed E-state index contributed by atoms with van der Waals surface area (Å²) in [6.45, 7) is 3.78. The van der Waals surface area contributed by atoms with Gasteiger partial charge in [0, 0.05) is 10.6 Å². The van der Waals surface area contributed by atoms with Crippen molar-refractivity contribution >= 4 is 17.6 Å². The molecular formula is C14H13ClN2O3. The van der Waals surface area contributed by atoms with E-state index in [0.29, 0.717) is 16.7 Å². The van der Waals surface area contributed by atoms with Gasteiger partial charge in [0.05, 0.1) is 11.8 Å². The number of hydrogen-bond acceptors (Lipinski definition) is 4. The number of nitrogens with zero attached hydrogens (tertiary/aromatic N) is 2. The fourth-order valence-corrected chi connectivity index (χ4v) is 2.86. The maximum Gasteiger partial charge on any atom is 0.307 e. The molecule has 0 bridgehead atoms. The van der Waals surface area contributed by atoms with Gasteiger partial charge in [-0.05, 0) is 17.5 Å². The molecule has 1 aliphatic rings. The van der Waals surface area contributed by atoms with E-state index in [2.05, 4.69) is 10.1 Å². The lowest BCUT2D eigenvalue weighted by molar-refractivity contribution is -0.139. The maximum atomic E-state index is 11.2. The van der Waals surface area contributed by atoms with Crippen molar-refractivity contribution in [2.75, 3.05) is 0 Å². The summed E-state index contributed by atoms with van der Waals surface area (Å²) >= 11 is 5.92. The van der Waals surface area contributed by atoms with Crippen molar-refractivity contribution in [2.45, 2.75) is 19.8 Å². The standard InChI is InChI=1S/C14H13ClN2O3/c1-14(2)9(10(14)13(18)19)12-16-11(17-20-12)7-4-3-5-8(15)6-7/h3-6,9-10H,1-2H3,(H,18,19). The second-order valence-electron chi connectivity index (χ2n) is 5.58. The molecule has 5 nitrogen and oxygen atoms in total. The zero-order valence-electron chi connectivity index (χ0n) is 11.0. The first-order chi connectivity index (χ1) is 9.41. The van der Waals surface area contributed by atoms with Gasteiger partial charge in [0.15, 0.2) is 0 Å². The lowest BCUT2D eigenvalue weighted by Crippen LogP contribution is -2.03. The zero-order chi connectivity index (χ0) is 14.5. The lowest BCUT2D eigenvalue weighted by Gasteiger charge is -1.96. The van der Waals surface area contributed by atoms with Gasteiger partial charge in [-0.15, -0.1) is 0 Å². The highest BCUT2D eigenvalue weighted by Gasteiger charge is 2.65. The molecule has 1 aromatic carbocycles. The molecule has 0 amide bonds. The topological polar surface area (TPSA) is 76.2 Å². The quantitative estimate of drug-likeness (QED) is 0.940. The molecule has 0 saturated heterocycles. The van der Waals surface area contributed by atoms with Crippen LogP contribution in [0.3, 0.4) is 0 Å². The molecule has 1 fully saturated rings. The summed E-state index contributed by atoms with van der Waals surface area (Å²) in [6.07, 6.45) is 0. The van der Waals surface area contributed by atoms with Crippen LogP contribution in [0, 0.1) is 11.3 Å². The van der Waals surface area contributed by atoms with Crippen LogP contribution in [-0.4, -0.2) is 21.2 Å². The first kappa shape index (κ1) is 13.1. The first-order valence-electron chi connectivity index (χ1n) is 6.23. The minimum Gasteiger partial charge on any atom is -0.481 e. The van der Waals surface area contributed by atoms with Crippen molar-refractivity contribution in [1.29, 1.82) is 0 Å². The number of halogens is 1. The summed E-state index contributed by atoms with van der Waals surface area (Å²) in [6, 6.07) is 7.13. The second kappa shape index (κ2) is 4.31. The molecule has 1 aromatic heterocycles. The highest BCUT2D eigenvalue weighted by atomic mass is 35.5. The molecule has 104 valence electrons. The molecule has 2 atom stereocenters. The Bertz CT molecular complexity index is 681. The number of rotatable bonds is 3. The molecule has 6 heteroatoms. The Balaban J connectivity index is 1.91. The van der Waals surface area contributed by atoms with E-state index in [1.807, 2.05) is 19.9 Å². The normalized spacial score (nSPS) is 23.6.